The molecule has 1 saturated heterocycles. The Morgan fingerprint density at radius 3 is 2.89 bits per heavy atom. The van der Waals surface area contributed by atoms with Crippen molar-refractivity contribution in [2.24, 2.45) is 16.3 Å². The van der Waals surface area contributed by atoms with Crippen molar-refractivity contribution in [1.82, 2.24) is 5.32 Å². The summed E-state index contributed by atoms with van der Waals surface area (Å²) in [4.78, 5) is 4.87. The number of amidine groups is 1. The van der Waals surface area contributed by atoms with Crippen LogP contribution in [0.15, 0.2) is 4.99 Å². The minimum atomic E-state index is 0.393. The molecule has 0 aromatic rings. The first-order chi connectivity index (χ1) is 8.65. The van der Waals surface area contributed by atoms with E-state index in [1.165, 1.54) is 55.9 Å². The zero-order chi connectivity index (χ0) is 12.6. The van der Waals surface area contributed by atoms with Gasteiger partial charge in [-0.3, -0.25) is 4.99 Å². The molecule has 0 bridgehead atoms. The zero-order valence-electron chi connectivity index (χ0n) is 11.8. The Balaban J connectivity index is 1.59. The van der Waals surface area contributed by atoms with Crippen molar-refractivity contribution in [2.75, 3.05) is 12.3 Å². The van der Waals surface area contributed by atoms with Crippen LogP contribution in [0.5, 0.6) is 0 Å². The standard InChI is InChI=1S/C15H26N2S/c1-3-14(7-8-14)10-16-13-17-15(11-18-13)6-4-5-12(2)9-15/h12H,3-11H2,1-2H3,(H,16,17). The van der Waals surface area contributed by atoms with Crippen LogP contribution in [-0.2, 0) is 0 Å². The SMILES string of the molecule is CCC1(CN=C2NC3(CCCC(C)C3)CS2)CC1. The molecular formula is C15H26N2S. The third kappa shape index (κ3) is 2.56. The smallest absolute Gasteiger partial charge is 0.157 e. The van der Waals surface area contributed by atoms with Gasteiger partial charge in [0.2, 0.25) is 0 Å². The molecule has 1 heterocycles. The van der Waals surface area contributed by atoms with Gasteiger partial charge in [-0.15, -0.1) is 0 Å². The lowest BCUT2D eigenvalue weighted by Gasteiger charge is -2.36. The van der Waals surface area contributed by atoms with Crippen LogP contribution in [-0.4, -0.2) is 23.0 Å². The van der Waals surface area contributed by atoms with Gasteiger partial charge >= 0.3 is 0 Å². The van der Waals surface area contributed by atoms with Crippen molar-refractivity contribution in [3.05, 3.63) is 0 Å². The molecule has 0 amide bonds. The van der Waals surface area contributed by atoms with Crippen LogP contribution in [0.3, 0.4) is 0 Å². The summed E-state index contributed by atoms with van der Waals surface area (Å²) < 4.78 is 0. The molecule has 2 atom stereocenters. The fraction of sp³-hybridized carbons (Fsp3) is 0.933. The lowest BCUT2D eigenvalue weighted by molar-refractivity contribution is 0.242. The molecule has 0 aromatic carbocycles. The monoisotopic (exact) mass is 266 g/mol. The molecule has 2 saturated carbocycles. The maximum atomic E-state index is 4.87. The molecule has 2 aliphatic carbocycles. The average molecular weight is 266 g/mol. The third-order valence-electron chi connectivity index (χ3n) is 5.21. The summed E-state index contributed by atoms with van der Waals surface area (Å²) in [5.41, 5.74) is 0.981. The van der Waals surface area contributed by atoms with E-state index in [0.717, 1.165) is 12.5 Å². The third-order valence-corrected chi connectivity index (χ3v) is 6.42. The zero-order valence-corrected chi connectivity index (χ0v) is 12.6. The predicted molar refractivity (Wildman–Crippen MR) is 80.2 cm³/mol. The number of rotatable bonds is 3. The highest BCUT2D eigenvalue weighted by molar-refractivity contribution is 8.14. The first-order valence-electron chi connectivity index (χ1n) is 7.61. The van der Waals surface area contributed by atoms with Gasteiger partial charge in [0.25, 0.3) is 0 Å². The molecule has 102 valence electrons. The van der Waals surface area contributed by atoms with Crippen LogP contribution < -0.4 is 5.32 Å². The van der Waals surface area contributed by atoms with Crippen molar-refractivity contribution in [1.29, 1.82) is 0 Å². The van der Waals surface area contributed by atoms with Gasteiger partial charge in [0, 0.05) is 17.8 Å². The van der Waals surface area contributed by atoms with Crippen LogP contribution >= 0.6 is 11.8 Å². The predicted octanol–water partition coefficient (Wildman–Crippen LogP) is 3.82. The van der Waals surface area contributed by atoms with E-state index in [2.05, 4.69) is 19.2 Å². The molecule has 2 unspecified atom stereocenters. The van der Waals surface area contributed by atoms with Crippen LogP contribution in [0.25, 0.3) is 0 Å². The van der Waals surface area contributed by atoms with Crippen molar-refractivity contribution in [3.63, 3.8) is 0 Å². The van der Waals surface area contributed by atoms with Crippen LogP contribution in [0.1, 0.15) is 58.8 Å². The number of nitrogens with zero attached hydrogens (tertiary/aromatic N) is 1. The van der Waals surface area contributed by atoms with Crippen molar-refractivity contribution >= 4 is 16.9 Å². The highest BCUT2D eigenvalue weighted by Gasteiger charge is 2.42. The lowest BCUT2D eigenvalue weighted by atomic mass is 9.78. The van der Waals surface area contributed by atoms with E-state index in [1.54, 1.807) is 0 Å². The Kier molecular flexibility index (Phi) is 3.38. The van der Waals surface area contributed by atoms with Gasteiger partial charge in [0.15, 0.2) is 5.17 Å². The second kappa shape index (κ2) is 4.73. The fourth-order valence-corrected chi connectivity index (χ4v) is 4.73. The molecule has 3 heteroatoms. The van der Waals surface area contributed by atoms with E-state index in [4.69, 9.17) is 4.99 Å². The molecule has 1 spiro atoms. The normalized spacial score (nSPS) is 40.1. The summed E-state index contributed by atoms with van der Waals surface area (Å²) in [6.45, 7) is 5.77. The summed E-state index contributed by atoms with van der Waals surface area (Å²) in [7, 11) is 0. The van der Waals surface area contributed by atoms with E-state index < -0.39 is 0 Å². The summed E-state index contributed by atoms with van der Waals surface area (Å²) in [5.74, 6) is 2.13. The Morgan fingerprint density at radius 1 is 1.39 bits per heavy atom. The van der Waals surface area contributed by atoms with E-state index in [-0.39, 0.29) is 0 Å². The minimum absolute atomic E-state index is 0.393. The summed E-state index contributed by atoms with van der Waals surface area (Å²) in [5, 5.41) is 5.01. The Hall–Kier alpha value is -0.180. The van der Waals surface area contributed by atoms with Gasteiger partial charge in [0.1, 0.15) is 0 Å². The van der Waals surface area contributed by atoms with Gasteiger partial charge in [0.05, 0.1) is 0 Å². The first-order valence-corrected chi connectivity index (χ1v) is 8.59. The average Bonchev–Trinajstić information content (AvgIpc) is 3.05. The number of aliphatic imine (C=N–C) groups is 1. The second-order valence-corrected chi connectivity index (χ2v) is 7.83. The summed E-state index contributed by atoms with van der Waals surface area (Å²) in [6, 6.07) is 0. The molecule has 1 aliphatic heterocycles. The lowest BCUT2D eigenvalue weighted by Crippen LogP contribution is -2.47. The minimum Gasteiger partial charge on any atom is -0.359 e. The van der Waals surface area contributed by atoms with Gasteiger partial charge < -0.3 is 5.32 Å². The second-order valence-electron chi connectivity index (χ2n) is 6.87. The quantitative estimate of drug-likeness (QED) is 0.840. The molecule has 18 heavy (non-hydrogen) atoms. The molecule has 0 radical (unpaired) electrons. The van der Waals surface area contributed by atoms with E-state index in [1.807, 2.05) is 11.8 Å². The van der Waals surface area contributed by atoms with Crippen molar-refractivity contribution in [3.8, 4) is 0 Å². The molecule has 3 rings (SSSR count). The largest absolute Gasteiger partial charge is 0.359 e. The maximum absolute atomic E-state index is 4.87. The number of thioether (sulfide) groups is 1. The molecule has 0 aromatic heterocycles. The molecule has 3 aliphatic rings. The Labute approximate surface area is 115 Å². The van der Waals surface area contributed by atoms with Crippen LogP contribution in [0.2, 0.25) is 0 Å². The van der Waals surface area contributed by atoms with Gasteiger partial charge in [-0.2, -0.15) is 0 Å². The number of hydrogen-bond acceptors (Lipinski definition) is 2. The Bertz CT molecular complexity index is 348. The van der Waals surface area contributed by atoms with E-state index >= 15 is 0 Å². The highest BCUT2D eigenvalue weighted by Crippen LogP contribution is 2.49. The molecular weight excluding hydrogens is 240 g/mol. The van der Waals surface area contributed by atoms with E-state index in [0.29, 0.717) is 11.0 Å². The fourth-order valence-electron chi connectivity index (χ4n) is 3.54. The van der Waals surface area contributed by atoms with Gasteiger partial charge in [-0.05, 0) is 43.4 Å². The number of hydrogen-bond donors (Lipinski definition) is 1. The first kappa shape index (κ1) is 12.8. The van der Waals surface area contributed by atoms with Crippen LogP contribution in [0.4, 0.5) is 0 Å². The van der Waals surface area contributed by atoms with E-state index in [9.17, 15) is 0 Å². The van der Waals surface area contributed by atoms with Crippen LogP contribution in [0, 0.1) is 11.3 Å². The Morgan fingerprint density at radius 2 is 2.22 bits per heavy atom. The van der Waals surface area contributed by atoms with Crippen molar-refractivity contribution in [2.45, 2.75) is 64.3 Å². The summed E-state index contributed by atoms with van der Waals surface area (Å²) >= 11 is 1.97. The van der Waals surface area contributed by atoms with Crippen molar-refractivity contribution < 1.29 is 0 Å². The maximum Gasteiger partial charge on any atom is 0.157 e. The van der Waals surface area contributed by atoms with Gasteiger partial charge in [-0.25, -0.2) is 0 Å². The molecule has 3 fully saturated rings. The number of nitrogens with one attached hydrogen (secondary N) is 1. The topological polar surface area (TPSA) is 24.4 Å². The molecule has 2 nitrogen and oxygen atoms in total. The summed E-state index contributed by atoms with van der Waals surface area (Å²) in [6.07, 6.45) is 9.59. The van der Waals surface area contributed by atoms with Gasteiger partial charge in [-0.1, -0.05) is 38.5 Å². The highest BCUT2D eigenvalue weighted by atomic mass is 32.2. The molecule has 1 N–H and O–H groups in total.